The summed E-state index contributed by atoms with van der Waals surface area (Å²) < 4.78 is 0. The lowest BCUT2D eigenvalue weighted by atomic mass is 10.0. The fourth-order valence-corrected chi connectivity index (χ4v) is 2.62. The molecule has 1 N–H and O–H groups in total. The minimum atomic E-state index is 0.619. The molecule has 1 aliphatic heterocycles. The average molecular weight is 232 g/mol. The molecular weight excluding hydrogens is 208 g/mol. The van der Waals surface area contributed by atoms with Gasteiger partial charge in [0.15, 0.2) is 0 Å². The molecule has 1 aromatic carbocycles. The van der Waals surface area contributed by atoms with Gasteiger partial charge in [0.1, 0.15) is 0 Å². The van der Waals surface area contributed by atoms with Gasteiger partial charge in [-0.25, -0.2) is 0 Å². The molecule has 94 valence electrons. The van der Waals surface area contributed by atoms with Crippen LogP contribution in [0.1, 0.15) is 25.3 Å². The Morgan fingerprint density at radius 1 is 1.35 bits per heavy atom. The molecule has 1 heterocycles. The second-order valence-corrected chi connectivity index (χ2v) is 5.21. The number of benzene rings is 1. The van der Waals surface area contributed by atoms with Crippen LogP contribution in [0.15, 0.2) is 30.3 Å². The largest absolute Gasteiger partial charge is 0.310 e. The van der Waals surface area contributed by atoms with E-state index in [0.717, 1.165) is 6.42 Å². The second kappa shape index (κ2) is 6.18. The van der Waals surface area contributed by atoms with Gasteiger partial charge < -0.3 is 10.2 Å². The summed E-state index contributed by atoms with van der Waals surface area (Å²) in [4.78, 5) is 2.41. The van der Waals surface area contributed by atoms with Crippen molar-refractivity contribution in [1.82, 2.24) is 10.2 Å². The predicted octanol–water partition coefficient (Wildman–Crippen LogP) is 2.30. The van der Waals surface area contributed by atoms with Gasteiger partial charge in [0.2, 0.25) is 0 Å². The number of likely N-dealkylation sites (N-methyl/N-ethyl adjacent to an activating group) is 1. The van der Waals surface area contributed by atoms with Crippen LogP contribution in [0.3, 0.4) is 0 Å². The molecule has 2 rings (SSSR count). The first-order chi connectivity index (χ1) is 8.28. The topological polar surface area (TPSA) is 15.3 Å². The Balaban J connectivity index is 1.85. The molecule has 0 saturated carbocycles. The Labute approximate surface area is 105 Å². The summed E-state index contributed by atoms with van der Waals surface area (Å²) in [6.07, 6.45) is 3.65. The minimum absolute atomic E-state index is 0.619. The first-order valence-electron chi connectivity index (χ1n) is 6.76. The van der Waals surface area contributed by atoms with Gasteiger partial charge in [-0.3, -0.25) is 0 Å². The smallest absolute Gasteiger partial charge is 0.0209 e. The highest BCUT2D eigenvalue weighted by molar-refractivity contribution is 5.15. The van der Waals surface area contributed by atoms with Crippen LogP contribution in [0.4, 0.5) is 0 Å². The molecule has 2 heteroatoms. The first-order valence-corrected chi connectivity index (χ1v) is 6.76. The first kappa shape index (κ1) is 12.6. The lowest BCUT2D eigenvalue weighted by Gasteiger charge is -2.22. The predicted molar refractivity (Wildman–Crippen MR) is 73.3 cm³/mol. The minimum Gasteiger partial charge on any atom is -0.310 e. The third-order valence-electron chi connectivity index (χ3n) is 3.68. The Morgan fingerprint density at radius 2 is 2.12 bits per heavy atom. The van der Waals surface area contributed by atoms with Gasteiger partial charge in [0.25, 0.3) is 0 Å². The zero-order valence-electron chi connectivity index (χ0n) is 11.0. The molecule has 0 bridgehead atoms. The van der Waals surface area contributed by atoms with E-state index >= 15 is 0 Å². The van der Waals surface area contributed by atoms with Crippen LogP contribution in [0.25, 0.3) is 0 Å². The van der Waals surface area contributed by atoms with E-state index < -0.39 is 0 Å². The number of hydrogen-bond acceptors (Lipinski definition) is 2. The zero-order chi connectivity index (χ0) is 12.1. The van der Waals surface area contributed by atoms with Crippen molar-refractivity contribution in [1.29, 1.82) is 0 Å². The summed E-state index contributed by atoms with van der Waals surface area (Å²) in [7, 11) is 2.21. The highest BCUT2D eigenvalue weighted by Gasteiger charge is 2.21. The van der Waals surface area contributed by atoms with Gasteiger partial charge in [-0.1, -0.05) is 37.3 Å². The maximum Gasteiger partial charge on any atom is 0.0209 e. The Kier molecular flexibility index (Phi) is 4.57. The second-order valence-electron chi connectivity index (χ2n) is 5.21. The standard InChI is InChI=1S/C15H24N2/c1-3-14(11-13-7-5-4-6-8-13)16-15-9-10-17(2)12-15/h4-8,14-16H,3,9-12H2,1-2H3. The van der Waals surface area contributed by atoms with E-state index in [1.807, 2.05) is 0 Å². The Morgan fingerprint density at radius 3 is 2.71 bits per heavy atom. The summed E-state index contributed by atoms with van der Waals surface area (Å²) in [5, 5.41) is 3.80. The van der Waals surface area contributed by atoms with E-state index in [4.69, 9.17) is 0 Å². The number of nitrogens with one attached hydrogen (secondary N) is 1. The van der Waals surface area contributed by atoms with Crippen molar-refractivity contribution in [3.05, 3.63) is 35.9 Å². The fraction of sp³-hybridized carbons (Fsp3) is 0.600. The molecule has 1 fully saturated rings. The summed E-state index contributed by atoms with van der Waals surface area (Å²) >= 11 is 0. The summed E-state index contributed by atoms with van der Waals surface area (Å²) in [6, 6.07) is 12.1. The van der Waals surface area contributed by atoms with E-state index in [0.29, 0.717) is 12.1 Å². The van der Waals surface area contributed by atoms with E-state index in [2.05, 4.69) is 54.5 Å². The maximum absolute atomic E-state index is 3.80. The molecule has 0 amide bonds. The monoisotopic (exact) mass is 232 g/mol. The quantitative estimate of drug-likeness (QED) is 0.838. The molecule has 17 heavy (non-hydrogen) atoms. The highest BCUT2D eigenvalue weighted by Crippen LogP contribution is 2.11. The summed E-state index contributed by atoms with van der Waals surface area (Å²) in [5.74, 6) is 0. The van der Waals surface area contributed by atoms with Crippen LogP contribution < -0.4 is 5.32 Å². The lowest BCUT2D eigenvalue weighted by Crippen LogP contribution is -2.40. The van der Waals surface area contributed by atoms with Crippen molar-refractivity contribution >= 4 is 0 Å². The molecule has 2 unspecified atom stereocenters. The molecule has 1 saturated heterocycles. The van der Waals surface area contributed by atoms with Crippen LogP contribution >= 0.6 is 0 Å². The molecule has 2 nitrogen and oxygen atoms in total. The van der Waals surface area contributed by atoms with E-state index in [1.54, 1.807) is 0 Å². The summed E-state index contributed by atoms with van der Waals surface area (Å²) in [6.45, 7) is 4.71. The molecule has 1 aromatic rings. The van der Waals surface area contributed by atoms with Crippen LogP contribution in [-0.4, -0.2) is 37.1 Å². The molecular formula is C15H24N2. The number of nitrogens with zero attached hydrogens (tertiary/aromatic N) is 1. The molecule has 0 aliphatic carbocycles. The number of hydrogen-bond donors (Lipinski definition) is 1. The van der Waals surface area contributed by atoms with E-state index in [1.165, 1.54) is 31.5 Å². The fourth-order valence-electron chi connectivity index (χ4n) is 2.62. The number of rotatable bonds is 5. The van der Waals surface area contributed by atoms with Gasteiger partial charge in [0.05, 0.1) is 0 Å². The normalized spacial score (nSPS) is 22.8. The molecule has 1 aliphatic rings. The van der Waals surface area contributed by atoms with Crippen molar-refractivity contribution < 1.29 is 0 Å². The Bertz CT molecular complexity index is 323. The van der Waals surface area contributed by atoms with Gasteiger partial charge in [0, 0.05) is 18.6 Å². The zero-order valence-corrected chi connectivity index (χ0v) is 11.0. The molecule has 2 atom stereocenters. The van der Waals surface area contributed by atoms with Crippen LogP contribution in [0.5, 0.6) is 0 Å². The van der Waals surface area contributed by atoms with E-state index in [-0.39, 0.29) is 0 Å². The van der Waals surface area contributed by atoms with Gasteiger partial charge in [-0.15, -0.1) is 0 Å². The highest BCUT2D eigenvalue weighted by atomic mass is 15.2. The molecule has 0 radical (unpaired) electrons. The van der Waals surface area contributed by atoms with Crippen LogP contribution in [0, 0.1) is 0 Å². The lowest BCUT2D eigenvalue weighted by molar-refractivity contribution is 0.375. The van der Waals surface area contributed by atoms with Crippen LogP contribution in [-0.2, 0) is 6.42 Å². The van der Waals surface area contributed by atoms with Gasteiger partial charge >= 0.3 is 0 Å². The molecule has 0 aromatic heterocycles. The maximum atomic E-state index is 3.80. The summed E-state index contributed by atoms with van der Waals surface area (Å²) in [5.41, 5.74) is 1.44. The van der Waals surface area contributed by atoms with Crippen molar-refractivity contribution in [2.24, 2.45) is 0 Å². The van der Waals surface area contributed by atoms with Gasteiger partial charge in [-0.05, 0) is 38.4 Å². The number of likely N-dealkylation sites (tertiary alicyclic amines) is 1. The third-order valence-corrected chi connectivity index (χ3v) is 3.68. The van der Waals surface area contributed by atoms with E-state index in [9.17, 15) is 0 Å². The Hall–Kier alpha value is -0.860. The molecule has 0 spiro atoms. The average Bonchev–Trinajstić information content (AvgIpc) is 2.75. The SMILES string of the molecule is CCC(Cc1ccccc1)NC1CCN(C)C1. The van der Waals surface area contributed by atoms with Crippen LogP contribution in [0.2, 0.25) is 0 Å². The van der Waals surface area contributed by atoms with Crippen molar-refractivity contribution in [2.45, 2.75) is 38.3 Å². The van der Waals surface area contributed by atoms with Crippen molar-refractivity contribution in [3.63, 3.8) is 0 Å². The van der Waals surface area contributed by atoms with Crippen molar-refractivity contribution in [3.8, 4) is 0 Å². The van der Waals surface area contributed by atoms with Crippen molar-refractivity contribution in [2.75, 3.05) is 20.1 Å². The third kappa shape index (κ3) is 3.83. The van der Waals surface area contributed by atoms with Gasteiger partial charge in [-0.2, -0.15) is 0 Å².